The highest BCUT2D eigenvalue weighted by molar-refractivity contribution is 5.67. The third-order valence-electron chi connectivity index (χ3n) is 2.41. The molecule has 0 atom stereocenters. The first-order valence-corrected chi connectivity index (χ1v) is 5.26. The minimum atomic E-state index is -0.760. The van der Waals surface area contributed by atoms with Crippen LogP contribution in [0, 0.1) is 0 Å². The van der Waals surface area contributed by atoms with Gasteiger partial charge in [-0.1, -0.05) is 24.8 Å². The van der Waals surface area contributed by atoms with Gasteiger partial charge in [0.05, 0.1) is 0 Å². The van der Waals surface area contributed by atoms with Crippen LogP contribution in [0.25, 0.3) is 0 Å². The SMILES string of the molecule is C=C1/C=C\C=C/C/C(CCC(=O)O)=C\N1C. The summed E-state index contributed by atoms with van der Waals surface area (Å²) in [5.74, 6) is -0.760. The number of carboxylic acid groups (broad SMARTS) is 1. The second-order valence-corrected chi connectivity index (χ2v) is 3.77. The summed E-state index contributed by atoms with van der Waals surface area (Å²) in [6.45, 7) is 3.91. The molecule has 3 heteroatoms. The molecule has 0 aliphatic carbocycles. The molecule has 0 aromatic rings. The van der Waals surface area contributed by atoms with Crippen LogP contribution in [0.2, 0.25) is 0 Å². The second kappa shape index (κ2) is 5.95. The summed E-state index contributed by atoms with van der Waals surface area (Å²) < 4.78 is 0. The molecule has 0 saturated carbocycles. The van der Waals surface area contributed by atoms with Crippen molar-refractivity contribution < 1.29 is 9.90 Å². The van der Waals surface area contributed by atoms with Crippen LogP contribution in [0.3, 0.4) is 0 Å². The van der Waals surface area contributed by atoms with Crippen LogP contribution in [0.1, 0.15) is 19.3 Å². The maximum atomic E-state index is 10.5. The quantitative estimate of drug-likeness (QED) is 0.793. The number of carbonyl (C=O) groups is 1. The molecule has 86 valence electrons. The highest BCUT2D eigenvalue weighted by Crippen LogP contribution is 2.15. The Hall–Kier alpha value is -1.77. The normalized spacial score (nSPS) is 23.7. The number of hydrogen-bond acceptors (Lipinski definition) is 2. The van der Waals surface area contributed by atoms with E-state index in [1.807, 2.05) is 42.5 Å². The largest absolute Gasteiger partial charge is 0.481 e. The van der Waals surface area contributed by atoms with Crippen molar-refractivity contribution in [3.63, 3.8) is 0 Å². The van der Waals surface area contributed by atoms with Gasteiger partial charge in [-0.05, 0) is 24.5 Å². The van der Waals surface area contributed by atoms with Crippen molar-refractivity contribution in [3.8, 4) is 0 Å². The Morgan fingerprint density at radius 3 is 3.00 bits per heavy atom. The van der Waals surface area contributed by atoms with Crippen molar-refractivity contribution >= 4 is 5.97 Å². The van der Waals surface area contributed by atoms with Gasteiger partial charge < -0.3 is 10.0 Å². The maximum absolute atomic E-state index is 10.5. The Kier molecular flexibility index (Phi) is 4.58. The summed E-state index contributed by atoms with van der Waals surface area (Å²) in [5, 5.41) is 8.65. The smallest absolute Gasteiger partial charge is 0.303 e. The van der Waals surface area contributed by atoms with Crippen LogP contribution < -0.4 is 0 Å². The number of likely N-dealkylation sites (N-methyl/N-ethyl adjacent to an activating group) is 1. The molecular weight excluding hydrogens is 202 g/mol. The number of carboxylic acids is 1. The average Bonchev–Trinajstić information content (AvgIpc) is 2.30. The molecular formula is C13H17NO2. The van der Waals surface area contributed by atoms with Gasteiger partial charge in [0, 0.05) is 25.4 Å². The molecule has 1 N–H and O–H groups in total. The lowest BCUT2D eigenvalue weighted by atomic mass is 10.1. The van der Waals surface area contributed by atoms with Crippen LogP contribution in [0.15, 0.2) is 48.4 Å². The van der Waals surface area contributed by atoms with Crippen molar-refractivity contribution in [1.29, 1.82) is 0 Å². The van der Waals surface area contributed by atoms with Gasteiger partial charge in [0.1, 0.15) is 0 Å². The lowest BCUT2D eigenvalue weighted by molar-refractivity contribution is -0.136. The number of aliphatic carboxylic acids is 1. The molecule has 0 radical (unpaired) electrons. The third kappa shape index (κ3) is 4.17. The zero-order valence-electron chi connectivity index (χ0n) is 9.52. The molecule has 0 bridgehead atoms. The second-order valence-electron chi connectivity index (χ2n) is 3.77. The highest BCUT2D eigenvalue weighted by atomic mass is 16.4. The maximum Gasteiger partial charge on any atom is 0.303 e. The van der Waals surface area contributed by atoms with Crippen molar-refractivity contribution in [1.82, 2.24) is 4.90 Å². The molecule has 0 aromatic carbocycles. The summed E-state index contributed by atoms with van der Waals surface area (Å²) >= 11 is 0. The van der Waals surface area contributed by atoms with Gasteiger partial charge in [0.25, 0.3) is 0 Å². The highest BCUT2D eigenvalue weighted by Gasteiger charge is 2.04. The molecule has 16 heavy (non-hydrogen) atoms. The van der Waals surface area contributed by atoms with Gasteiger partial charge in [-0.2, -0.15) is 0 Å². The van der Waals surface area contributed by atoms with Crippen LogP contribution >= 0.6 is 0 Å². The molecule has 1 aliphatic heterocycles. The first-order valence-electron chi connectivity index (χ1n) is 5.26. The van der Waals surface area contributed by atoms with E-state index in [9.17, 15) is 4.79 Å². The molecule has 1 rings (SSSR count). The van der Waals surface area contributed by atoms with Crippen molar-refractivity contribution in [2.45, 2.75) is 19.3 Å². The first kappa shape index (κ1) is 12.3. The number of allylic oxidation sites excluding steroid dienone is 5. The fraction of sp³-hybridized carbons (Fsp3) is 0.308. The number of rotatable bonds is 3. The topological polar surface area (TPSA) is 40.5 Å². The Labute approximate surface area is 96.1 Å². The zero-order chi connectivity index (χ0) is 12.0. The predicted molar refractivity (Wildman–Crippen MR) is 64.8 cm³/mol. The molecule has 1 aliphatic rings. The van der Waals surface area contributed by atoms with E-state index in [2.05, 4.69) is 6.58 Å². The number of nitrogens with zero attached hydrogens (tertiary/aromatic N) is 1. The summed E-state index contributed by atoms with van der Waals surface area (Å²) in [6, 6.07) is 0. The Balaban J connectivity index is 2.73. The molecule has 0 aromatic heterocycles. The van der Waals surface area contributed by atoms with E-state index < -0.39 is 5.97 Å². The molecule has 0 amide bonds. The van der Waals surface area contributed by atoms with E-state index in [0.717, 1.165) is 17.7 Å². The van der Waals surface area contributed by atoms with Crippen molar-refractivity contribution in [2.24, 2.45) is 0 Å². The van der Waals surface area contributed by atoms with E-state index in [1.54, 1.807) is 0 Å². The van der Waals surface area contributed by atoms with Crippen molar-refractivity contribution in [2.75, 3.05) is 7.05 Å². The van der Waals surface area contributed by atoms with Gasteiger partial charge in [0.15, 0.2) is 0 Å². The van der Waals surface area contributed by atoms with E-state index in [4.69, 9.17) is 5.11 Å². The summed E-state index contributed by atoms with van der Waals surface area (Å²) in [4.78, 5) is 12.4. The molecule has 0 unspecified atom stereocenters. The van der Waals surface area contributed by atoms with E-state index in [0.29, 0.717) is 6.42 Å². The molecule has 0 fully saturated rings. The fourth-order valence-corrected chi connectivity index (χ4v) is 1.43. The molecule has 0 saturated heterocycles. The fourth-order valence-electron chi connectivity index (χ4n) is 1.43. The Morgan fingerprint density at radius 2 is 2.31 bits per heavy atom. The molecule has 3 nitrogen and oxygen atoms in total. The minimum absolute atomic E-state index is 0.174. The average molecular weight is 219 g/mol. The molecule has 1 heterocycles. The van der Waals surface area contributed by atoms with Gasteiger partial charge in [-0.3, -0.25) is 4.79 Å². The first-order chi connectivity index (χ1) is 7.59. The van der Waals surface area contributed by atoms with E-state index >= 15 is 0 Å². The van der Waals surface area contributed by atoms with Crippen LogP contribution in [0.4, 0.5) is 0 Å². The lowest BCUT2D eigenvalue weighted by Crippen LogP contribution is -2.09. The Morgan fingerprint density at radius 1 is 1.56 bits per heavy atom. The van der Waals surface area contributed by atoms with Crippen molar-refractivity contribution in [3.05, 3.63) is 48.4 Å². The van der Waals surface area contributed by atoms with Crippen LogP contribution in [0.5, 0.6) is 0 Å². The third-order valence-corrected chi connectivity index (χ3v) is 2.41. The summed E-state index contributed by atoms with van der Waals surface area (Å²) in [5.41, 5.74) is 1.99. The predicted octanol–water partition coefficient (Wildman–Crippen LogP) is 2.70. The standard InChI is InChI=1S/C13H17NO2/c1-11-6-4-3-5-7-12(10-14(11)2)8-9-13(15)16/h3-6,10H,1,7-9H2,2H3,(H,15,16)/b5-3-,6-4-,12-10+. The minimum Gasteiger partial charge on any atom is -0.481 e. The van der Waals surface area contributed by atoms with Gasteiger partial charge in [-0.25, -0.2) is 0 Å². The molecule has 0 spiro atoms. The Bertz CT molecular complexity index is 364. The van der Waals surface area contributed by atoms with Gasteiger partial charge in [0.2, 0.25) is 0 Å². The monoisotopic (exact) mass is 219 g/mol. The van der Waals surface area contributed by atoms with Crippen LogP contribution in [-0.2, 0) is 4.79 Å². The van der Waals surface area contributed by atoms with E-state index in [-0.39, 0.29) is 6.42 Å². The van der Waals surface area contributed by atoms with Gasteiger partial charge >= 0.3 is 5.97 Å². The van der Waals surface area contributed by atoms with Gasteiger partial charge in [-0.15, -0.1) is 0 Å². The number of hydrogen-bond donors (Lipinski definition) is 1. The lowest BCUT2D eigenvalue weighted by Gasteiger charge is -2.16. The van der Waals surface area contributed by atoms with Crippen LogP contribution in [-0.4, -0.2) is 23.0 Å². The van der Waals surface area contributed by atoms with E-state index in [1.165, 1.54) is 0 Å². The summed E-state index contributed by atoms with van der Waals surface area (Å²) in [6.07, 6.45) is 11.3. The summed E-state index contributed by atoms with van der Waals surface area (Å²) in [7, 11) is 1.92. The zero-order valence-corrected chi connectivity index (χ0v) is 9.52.